The van der Waals surface area contributed by atoms with E-state index in [2.05, 4.69) is 29.1 Å². The fraction of sp³-hybridized carbons (Fsp3) is 0.421. The number of aromatic amines is 1. The van der Waals surface area contributed by atoms with E-state index in [0.29, 0.717) is 5.16 Å². The van der Waals surface area contributed by atoms with Crippen molar-refractivity contribution in [3.63, 3.8) is 0 Å². The minimum Gasteiger partial charge on any atom is -0.325 e. The summed E-state index contributed by atoms with van der Waals surface area (Å²) in [4.78, 5) is 31.7. The van der Waals surface area contributed by atoms with Crippen LogP contribution in [0.25, 0.3) is 0 Å². The molecule has 0 unspecified atom stereocenters. The highest BCUT2D eigenvalue weighted by Crippen LogP contribution is 2.24. The van der Waals surface area contributed by atoms with Gasteiger partial charge in [0, 0.05) is 11.3 Å². The van der Waals surface area contributed by atoms with Gasteiger partial charge < -0.3 is 10.3 Å². The molecule has 1 aromatic carbocycles. The Hall–Kier alpha value is -2.08. The predicted octanol–water partition coefficient (Wildman–Crippen LogP) is 3.11. The van der Waals surface area contributed by atoms with Crippen LogP contribution in [0.4, 0.5) is 5.69 Å². The normalized spacial score (nSPS) is 12.9. The second-order valence-corrected chi connectivity index (χ2v) is 7.11. The molecule has 132 valence electrons. The third kappa shape index (κ3) is 3.95. The Balaban J connectivity index is 1.68. The summed E-state index contributed by atoms with van der Waals surface area (Å²) >= 11 is 1.28. The summed E-state index contributed by atoms with van der Waals surface area (Å²) in [7, 11) is 0. The number of hydrogen-bond acceptors (Lipinski definition) is 4. The zero-order chi connectivity index (χ0) is 17.8. The quantitative estimate of drug-likeness (QED) is 0.615. The molecule has 0 saturated heterocycles. The molecule has 0 radical (unpaired) electrons. The lowest BCUT2D eigenvalue weighted by Crippen LogP contribution is -2.18. The molecule has 1 heterocycles. The van der Waals surface area contributed by atoms with Gasteiger partial charge in [-0.15, -0.1) is 0 Å². The standard InChI is InChI=1S/C19H23N3O2S/c1-3-12-7-5-8-13(4-2)17(12)21-16(23)11-25-19-20-15-10-6-9-14(15)18(24)22-19/h5,7-8H,3-4,6,9-11H2,1-2H3,(H,21,23)(H,20,22,24). The molecule has 1 aliphatic rings. The lowest BCUT2D eigenvalue weighted by molar-refractivity contribution is -0.113. The summed E-state index contributed by atoms with van der Waals surface area (Å²) in [6.45, 7) is 4.16. The van der Waals surface area contributed by atoms with E-state index < -0.39 is 0 Å². The number of aryl methyl sites for hydroxylation is 3. The molecule has 0 bridgehead atoms. The second kappa shape index (κ2) is 7.87. The molecule has 2 aromatic rings. The van der Waals surface area contributed by atoms with Crippen LogP contribution < -0.4 is 10.9 Å². The van der Waals surface area contributed by atoms with E-state index >= 15 is 0 Å². The van der Waals surface area contributed by atoms with E-state index in [1.165, 1.54) is 11.8 Å². The molecule has 25 heavy (non-hydrogen) atoms. The summed E-state index contributed by atoms with van der Waals surface area (Å²) in [5.41, 5.74) is 4.83. The van der Waals surface area contributed by atoms with Crippen LogP contribution in [0.2, 0.25) is 0 Å². The molecule has 1 aromatic heterocycles. The Labute approximate surface area is 151 Å². The highest BCUT2D eigenvalue weighted by atomic mass is 32.2. The zero-order valence-electron chi connectivity index (χ0n) is 14.6. The Morgan fingerprint density at radius 2 is 1.96 bits per heavy atom. The smallest absolute Gasteiger partial charge is 0.254 e. The predicted molar refractivity (Wildman–Crippen MR) is 101 cm³/mol. The first-order chi connectivity index (χ1) is 12.1. The van der Waals surface area contributed by atoms with Gasteiger partial charge in [-0.25, -0.2) is 4.98 Å². The highest BCUT2D eigenvalue weighted by Gasteiger charge is 2.18. The van der Waals surface area contributed by atoms with Crippen LogP contribution in [0.15, 0.2) is 28.2 Å². The van der Waals surface area contributed by atoms with Gasteiger partial charge in [0.05, 0.1) is 11.4 Å². The van der Waals surface area contributed by atoms with Crippen molar-refractivity contribution in [1.29, 1.82) is 0 Å². The van der Waals surface area contributed by atoms with Gasteiger partial charge in [0.15, 0.2) is 5.16 Å². The van der Waals surface area contributed by atoms with Gasteiger partial charge in [-0.05, 0) is 43.2 Å². The van der Waals surface area contributed by atoms with E-state index in [0.717, 1.165) is 60.2 Å². The number of thioether (sulfide) groups is 1. The molecule has 1 amide bonds. The molecule has 0 spiro atoms. The van der Waals surface area contributed by atoms with Crippen molar-refractivity contribution < 1.29 is 4.79 Å². The van der Waals surface area contributed by atoms with Gasteiger partial charge in [0.2, 0.25) is 5.91 Å². The van der Waals surface area contributed by atoms with Crippen LogP contribution in [0.5, 0.6) is 0 Å². The van der Waals surface area contributed by atoms with Crippen molar-refractivity contribution in [2.24, 2.45) is 0 Å². The number of carbonyl (C=O) groups excluding carboxylic acids is 1. The van der Waals surface area contributed by atoms with Crippen LogP contribution in [-0.4, -0.2) is 21.6 Å². The van der Waals surface area contributed by atoms with Crippen LogP contribution >= 0.6 is 11.8 Å². The maximum atomic E-state index is 12.4. The Morgan fingerprint density at radius 1 is 1.24 bits per heavy atom. The number of hydrogen-bond donors (Lipinski definition) is 2. The van der Waals surface area contributed by atoms with Gasteiger partial charge in [-0.2, -0.15) is 0 Å². The number of para-hydroxylation sites is 1. The molecule has 0 saturated carbocycles. The van der Waals surface area contributed by atoms with Crippen molar-refractivity contribution in [3.05, 3.63) is 50.9 Å². The Kier molecular flexibility index (Phi) is 5.58. The van der Waals surface area contributed by atoms with Gasteiger partial charge in [-0.1, -0.05) is 43.8 Å². The number of nitrogens with one attached hydrogen (secondary N) is 2. The first kappa shape index (κ1) is 17.7. The lowest BCUT2D eigenvalue weighted by atomic mass is 10.0. The van der Waals surface area contributed by atoms with Crippen LogP contribution in [0.3, 0.4) is 0 Å². The largest absolute Gasteiger partial charge is 0.325 e. The van der Waals surface area contributed by atoms with Gasteiger partial charge in [-0.3, -0.25) is 9.59 Å². The number of H-pyrrole nitrogens is 1. The average Bonchev–Trinajstić information content (AvgIpc) is 3.09. The molecular formula is C19H23N3O2S. The Bertz CT molecular complexity index is 823. The van der Waals surface area contributed by atoms with Crippen molar-refractivity contribution in [1.82, 2.24) is 9.97 Å². The van der Waals surface area contributed by atoms with Gasteiger partial charge in [0.1, 0.15) is 0 Å². The highest BCUT2D eigenvalue weighted by molar-refractivity contribution is 7.99. The van der Waals surface area contributed by atoms with Crippen molar-refractivity contribution in [2.45, 2.75) is 51.1 Å². The Morgan fingerprint density at radius 3 is 2.64 bits per heavy atom. The summed E-state index contributed by atoms with van der Waals surface area (Å²) in [5, 5.41) is 3.57. The van der Waals surface area contributed by atoms with E-state index in [4.69, 9.17) is 0 Å². The van der Waals surface area contributed by atoms with E-state index in [1.807, 2.05) is 18.2 Å². The van der Waals surface area contributed by atoms with Gasteiger partial charge in [0.25, 0.3) is 5.56 Å². The number of anilines is 1. The maximum Gasteiger partial charge on any atom is 0.254 e. The number of carbonyl (C=O) groups is 1. The van der Waals surface area contributed by atoms with Crippen molar-refractivity contribution in [2.75, 3.05) is 11.1 Å². The van der Waals surface area contributed by atoms with Crippen LogP contribution in [0, 0.1) is 0 Å². The second-order valence-electron chi connectivity index (χ2n) is 6.15. The monoisotopic (exact) mass is 357 g/mol. The molecule has 1 aliphatic carbocycles. The lowest BCUT2D eigenvalue weighted by Gasteiger charge is -2.14. The summed E-state index contributed by atoms with van der Waals surface area (Å²) in [6, 6.07) is 6.12. The minimum absolute atomic E-state index is 0.0602. The molecule has 5 nitrogen and oxygen atoms in total. The molecule has 0 atom stereocenters. The summed E-state index contributed by atoms with van der Waals surface area (Å²) in [5.74, 6) is 0.145. The SMILES string of the molecule is CCc1cccc(CC)c1NC(=O)CSc1nc2c(c(=O)[nH]1)CCC2. The van der Waals surface area contributed by atoms with E-state index in [9.17, 15) is 9.59 Å². The third-order valence-corrected chi connectivity index (χ3v) is 5.40. The topological polar surface area (TPSA) is 74.8 Å². The first-order valence-corrected chi connectivity index (χ1v) is 9.76. The van der Waals surface area contributed by atoms with Crippen LogP contribution in [-0.2, 0) is 30.5 Å². The fourth-order valence-corrected chi connectivity index (χ4v) is 3.88. The summed E-state index contributed by atoms with van der Waals surface area (Å²) in [6.07, 6.45) is 4.37. The molecule has 0 aliphatic heterocycles. The van der Waals surface area contributed by atoms with Crippen LogP contribution in [0.1, 0.15) is 42.7 Å². The van der Waals surface area contributed by atoms with E-state index in [-0.39, 0.29) is 17.2 Å². The average molecular weight is 357 g/mol. The maximum absolute atomic E-state index is 12.4. The number of benzene rings is 1. The summed E-state index contributed by atoms with van der Waals surface area (Å²) < 4.78 is 0. The number of rotatable bonds is 6. The molecular weight excluding hydrogens is 334 g/mol. The van der Waals surface area contributed by atoms with Crippen molar-refractivity contribution >= 4 is 23.4 Å². The number of fused-ring (bicyclic) bond motifs is 1. The number of amides is 1. The number of nitrogens with zero attached hydrogens (tertiary/aromatic N) is 1. The first-order valence-electron chi connectivity index (χ1n) is 8.77. The molecule has 3 rings (SSSR count). The third-order valence-electron chi connectivity index (χ3n) is 4.52. The van der Waals surface area contributed by atoms with Crippen molar-refractivity contribution in [3.8, 4) is 0 Å². The zero-order valence-corrected chi connectivity index (χ0v) is 15.5. The fourth-order valence-electron chi connectivity index (χ4n) is 3.20. The molecule has 0 fully saturated rings. The minimum atomic E-state index is -0.0799. The molecule has 2 N–H and O–H groups in total. The van der Waals surface area contributed by atoms with Gasteiger partial charge >= 0.3 is 0 Å². The van der Waals surface area contributed by atoms with E-state index in [1.54, 1.807) is 0 Å². The number of aromatic nitrogens is 2. The molecule has 6 heteroatoms.